The third-order valence-electron chi connectivity index (χ3n) is 2.35. The van der Waals surface area contributed by atoms with Crippen molar-refractivity contribution >= 4 is 23.3 Å². The van der Waals surface area contributed by atoms with Gasteiger partial charge in [-0.2, -0.15) is 0 Å². The second-order valence-electron chi connectivity index (χ2n) is 3.98. The van der Waals surface area contributed by atoms with Crippen LogP contribution in [0, 0.1) is 0 Å². The molecule has 0 saturated heterocycles. The summed E-state index contributed by atoms with van der Waals surface area (Å²) in [6.07, 6.45) is 0.147. The Morgan fingerprint density at radius 3 is 2.67 bits per heavy atom. The molecule has 0 fully saturated rings. The molecular weight excluding hydrogens is 252 g/mol. The highest BCUT2D eigenvalue weighted by atomic mass is 32.1. The van der Waals surface area contributed by atoms with Gasteiger partial charge in [-0.3, -0.25) is 4.79 Å². The van der Waals surface area contributed by atoms with E-state index in [1.807, 2.05) is 24.4 Å². The van der Waals surface area contributed by atoms with Gasteiger partial charge in [0.15, 0.2) is 0 Å². The molecule has 1 rings (SSSR count). The van der Waals surface area contributed by atoms with Crippen molar-refractivity contribution < 1.29 is 9.59 Å². The third-order valence-corrected chi connectivity index (χ3v) is 3.34. The number of nitrogens with two attached hydrogens (primary N) is 2. The first-order valence-corrected chi connectivity index (χ1v) is 6.49. The molecule has 6 nitrogen and oxygen atoms in total. The van der Waals surface area contributed by atoms with Crippen LogP contribution in [0.2, 0.25) is 0 Å². The van der Waals surface area contributed by atoms with Gasteiger partial charge in [-0.25, -0.2) is 4.79 Å². The van der Waals surface area contributed by atoms with Gasteiger partial charge in [0.2, 0.25) is 5.91 Å². The molecule has 0 aromatic carbocycles. The molecule has 0 bridgehead atoms. The molecule has 0 aliphatic carbocycles. The van der Waals surface area contributed by atoms with E-state index < -0.39 is 12.1 Å². The predicted molar refractivity (Wildman–Crippen MR) is 71.1 cm³/mol. The Bertz CT molecular complexity index is 394. The van der Waals surface area contributed by atoms with Crippen LogP contribution < -0.4 is 22.1 Å². The molecule has 0 aliphatic heterocycles. The van der Waals surface area contributed by atoms with Gasteiger partial charge in [-0.05, 0) is 18.4 Å². The molecule has 1 aromatic heterocycles. The van der Waals surface area contributed by atoms with Gasteiger partial charge in [0.25, 0.3) is 0 Å². The summed E-state index contributed by atoms with van der Waals surface area (Å²) in [6, 6.07) is 2.58. The Balaban J connectivity index is 2.62. The topological polar surface area (TPSA) is 110 Å². The molecule has 1 aromatic rings. The number of hydrogen-bond acceptors (Lipinski definition) is 4. The van der Waals surface area contributed by atoms with Crippen molar-refractivity contribution in [3.05, 3.63) is 22.4 Å². The fourth-order valence-corrected chi connectivity index (χ4v) is 2.24. The van der Waals surface area contributed by atoms with Crippen molar-refractivity contribution in [2.24, 2.45) is 11.5 Å². The summed E-state index contributed by atoms with van der Waals surface area (Å²) in [4.78, 5) is 23.6. The fraction of sp³-hybridized carbons (Fsp3) is 0.455. The standard InChI is InChI=1S/C11H18N4O2S/c1-7(6-12)14-10(16)5-8(15-11(13)17)9-3-2-4-18-9/h2-4,7-8H,5-6,12H2,1H3,(H,14,16)(H3,13,15,17)/t7-,8?/m0/s1. The minimum Gasteiger partial charge on any atom is -0.352 e. The molecule has 18 heavy (non-hydrogen) atoms. The minimum absolute atomic E-state index is 0.0879. The van der Waals surface area contributed by atoms with Crippen LogP contribution in [0.3, 0.4) is 0 Å². The molecule has 6 N–H and O–H groups in total. The number of primary amides is 1. The highest BCUT2D eigenvalue weighted by molar-refractivity contribution is 7.10. The van der Waals surface area contributed by atoms with E-state index in [2.05, 4.69) is 10.6 Å². The van der Waals surface area contributed by atoms with Gasteiger partial charge in [0.1, 0.15) is 0 Å². The molecule has 1 unspecified atom stereocenters. The monoisotopic (exact) mass is 270 g/mol. The average Bonchev–Trinajstić information content (AvgIpc) is 2.80. The second-order valence-corrected chi connectivity index (χ2v) is 4.96. The lowest BCUT2D eigenvalue weighted by Crippen LogP contribution is -2.41. The first kappa shape index (κ1) is 14.5. The number of carbonyl (C=O) groups excluding carboxylic acids is 2. The van der Waals surface area contributed by atoms with Crippen LogP contribution in [0.25, 0.3) is 0 Å². The number of carbonyl (C=O) groups is 2. The lowest BCUT2D eigenvalue weighted by Gasteiger charge is -2.17. The molecule has 7 heteroatoms. The molecule has 3 amide bonds. The van der Waals surface area contributed by atoms with Crippen LogP contribution in [-0.2, 0) is 4.79 Å². The van der Waals surface area contributed by atoms with Crippen LogP contribution in [0.1, 0.15) is 24.3 Å². The fourth-order valence-electron chi connectivity index (χ4n) is 1.46. The number of amides is 3. The molecule has 0 radical (unpaired) electrons. The molecule has 0 spiro atoms. The van der Waals surface area contributed by atoms with E-state index in [0.29, 0.717) is 6.54 Å². The van der Waals surface area contributed by atoms with E-state index in [-0.39, 0.29) is 18.4 Å². The van der Waals surface area contributed by atoms with Crippen molar-refractivity contribution in [3.8, 4) is 0 Å². The highest BCUT2D eigenvalue weighted by Crippen LogP contribution is 2.21. The first-order chi connectivity index (χ1) is 8.52. The summed E-state index contributed by atoms with van der Waals surface area (Å²) in [6.45, 7) is 2.19. The lowest BCUT2D eigenvalue weighted by atomic mass is 10.1. The van der Waals surface area contributed by atoms with E-state index in [4.69, 9.17) is 11.5 Å². The normalized spacial score (nSPS) is 13.7. The molecular formula is C11H18N4O2S. The van der Waals surface area contributed by atoms with E-state index in [1.165, 1.54) is 11.3 Å². The van der Waals surface area contributed by atoms with Crippen LogP contribution in [0.4, 0.5) is 4.79 Å². The number of nitrogens with one attached hydrogen (secondary N) is 2. The molecule has 100 valence electrons. The Labute approximate surface area is 110 Å². The Morgan fingerprint density at radius 2 is 2.17 bits per heavy atom. The maximum Gasteiger partial charge on any atom is 0.312 e. The summed E-state index contributed by atoms with van der Waals surface area (Å²) < 4.78 is 0. The Hall–Kier alpha value is -1.60. The SMILES string of the molecule is C[C@@H](CN)NC(=O)CC(NC(N)=O)c1cccs1. The zero-order valence-corrected chi connectivity index (χ0v) is 11.0. The zero-order chi connectivity index (χ0) is 13.5. The average molecular weight is 270 g/mol. The summed E-state index contributed by atoms with van der Waals surface area (Å²) in [5.41, 5.74) is 10.5. The molecule has 0 aliphatic rings. The third kappa shape index (κ3) is 4.72. The predicted octanol–water partition coefficient (Wildman–Crippen LogP) is 0.311. The summed E-state index contributed by atoms with van der Waals surface area (Å²) in [5.74, 6) is -0.167. The van der Waals surface area contributed by atoms with Gasteiger partial charge < -0.3 is 22.1 Å². The van der Waals surface area contributed by atoms with Crippen LogP contribution in [0.15, 0.2) is 17.5 Å². The summed E-state index contributed by atoms with van der Waals surface area (Å²) in [7, 11) is 0. The number of urea groups is 1. The number of thiophene rings is 1. The maximum atomic E-state index is 11.7. The van der Waals surface area contributed by atoms with Crippen molar-refractivity contribution in [1.29, 1.82) is 0 Å². The largest absolute Gasteiger partial charge is 0.352 e. The molecule has 0 saturated carbocycles. The van der Waals surface area contributed by atoms with Gasteiger partial charge >= 0.3 is 6.03 Å². The summed E-state index contributed by atoms with van der Waals surface area (Å²) in [5, 5.41) is 7.19. The highest BCUT2D eigenvalue weighted by Gasteiger charge is 2.18. The van der Waals surface area contributed by atoms with Gasteiger partial charge in [-0.15, -0.1) is 11.3 Å². The van der Waals surface area contributed by atoms with Crippen LogP contribution >= 0.6 is 11.3 Å². The summed E-state index contributed by atoms with van der Waals surface area (Å²) >= 11 is 1.46. The smallest absolute Gasteiger partial charge is 0.312 e. The van der Waals surface area contributed by atoms with Crippen molar-refractivity contribution in [2.75, 3.05) is 6.54 Å². The minimum atomic E-state index is -0.645. The van der Waals surface area contributed by atoms with Gasteiger partial charge in [0, 0.05) is 17.5 Å². The number of rotatable bonds is 6. The zero-order valence-electron chi connectivity index (χ0n) is 10.2. The first-order valence-electron chi connectivity index (χ1n) is 5.61. The number of hydrogen-bond donors (Lipinski definition) is 4. The van der Waals surface area contributed by atoms with Crippen molar-refractivity contribution in [1.82, 2.24) is 10.6 Å². The van der Waals surface area contributed by atoms with Crippen LogP contribution in [0.5, 0.6) is 0 Å². The second kappa shape index (κ2) is 6.97. The van der Waals surface area contributed by atoms with Gasteiger partial charge in [-0.1, -0.05) is 6.07 Å². The van der Waals surface area contributed by atoms with Crippen molar-refractivity contribution in [3.63, 3.8) is 0 Å². The van der Waals surface area contributed by atoms with Crippen molar-refractivity contribution in [2.45, 2.75) is 25.4 Å². The molecule has 1 heterocycles. The lowest BCUT2D eigenvalue weighted by molar-refractivity contribution is -0.122. The quantitative estimate of drug-likeness (QED) is 0.597. The van der Waals surface area contributed by atoms with Crippen LogP contribution in [-0.4, -0.2) is 24.5 Å². The maximum absolute atomic E-state index is 11.7. The van der Waals surface area contributed by atoms with E-state index in [9.17, 15) is 9.59 Å². The van der Waals surface area contributed by atoms with Gasteiger partial charge in [0.05, 0.1) is 12.5 Å². The van der Waals surface area contributed by atoms with E-state index in [1.54, 1.807) is 0 Å². The Kier molecular flexibility index (Phi) is 5.60. The van der Waals surface area contributed by atoms with E-state index in [0.717, 1.165) is 4.88 Å². The van der Waals surface area contributed by atoms with E-state index >= 15 is 0 Å². The Morgan fingerprint density at radius 1 is 1.44 bits per heavy atom. The molecule has 2 atom stereocenters.